The number of rotatable bonds is 1. The van der Waals surface area contributed by atoms with Crippen LogP contribution >= 0.6 is 15.9 Å². The molecule has 3 rings (SSSR count). The van der Waals surface area contributed by atoms with Gasteiger partial charge in [-0.05, 0) is 34.1 Å². The van der Waals surface area contributed by atoms with Crippen molar-refractivity contribution in [2.75, 3.05) is 0 Å². The lowest BCUT2D eigenvalue weighted by atomic mass is 10.1. The summed E-state index contributed by atoms with van der Waals surface area (Å²) >= 11 is 3.35. The summed E-state index contributed by atoms with van der Waals surface area (Å²) in [5.41, 5.74) is 0.402. The van der Waals surface area contributed by atoms with Crippen LogP contribution in [0.25, 0.3) is 16.5 Å². The zero-order valence-corrected chi connectivity index (χ0v) is 11.5. The van der Waals surface area contributed by atoms with Crippen LogP contribution in [0.3, 0.4) is 0 Å². The number of fused-ring (bicyclic) bond motifs is 1. The van der Waals surface area contributed by atoms with Gasteiger partial charge in [-0.2, -0.15) is 0 Å². The second kappa shape index (κ2) is 4.55. The molecule has 94 valence electrons. The average molecular weight is 316 g/mol. The average Bonchev–Trinajstić information content (AvgIpc) is 2.46. The lowest BCUT2D eigenvalue weighted by molar-refractivity contribution is 0.433. The molecule has 0 aliphatic heterocycles. The van der Waals surface area contributed by atoms with Crippen molar-refractivity contribution < 1.29 is 5.11 Å². The molecule has 0 spiro atoms. The molecule has 1 aromatic heterocycles. The highest BCUT2D eigenvalue weighted by Crippen LogP contribution is 2.31. The van der Waals surface area contributed by atoms with Crippen molar-refractivity contribution in [2.45, 2.75) is 0 Å². The normalized spacial score (nSPS) is 10.8. The zero-order chi connectivity index (χ0) is 13.4. The highest BCUT2D eigenvalue weighted by molar-refractivity contribution is 9.10. The maximum absolute atomic E-state index is 12.5. The standard InChI is InChI=1S/C15H10BrNO2/c16-13-11-8-4-5-9-12(11)14(18)17(15(13)19)10-6-2-1-3-7-10/h1-9,19H. The van der Waals surface area contributed by atoms with E-state index in [2.05, 4.69) is 15.9 Å². The molecule has 0 fully saturated rings. The minimum absolute atomic E-state index is 0.0881. The summed E-state index contributed by atoms with van der Waals surface area (Å²) in [5, 5.41) is 11.5. The molecule has 0 saturated heterocycles. The first-order valence-corrected chi connectivity index (χ1v) is 6.57. The first-order valence-electron chi connectivity index (χ1n) is 5.78. The van der Waals surface area contributed by atoms with E-state index < -0.39 is 0 Å². The van der Waals surface area contributed by atoms with E-state index in [4.69, 9.17) is 0 Å². The van der Waals surface area contributed by atoms with Gasteiger partial charge in [0.25, 0.3) is 5.56 Å². The number of aromatic hydroxyl groups is 1. The number of hydrogen-bond acceptors (Lipinski definition) is 2. The molecule has 0 aliphatic rings. The molecule has 3 nitrogen and oxygen atoms in total. The quantitative estimate of drug-likeness (QED) is 0.747. The third kappa shape index (κ3) is 1.85. The van der Waals surface area contributed by atoms with E-state index in [9.17, 15) is 9.90 Å². The Labute approximate surface area is 117 Å². The number of nitrogens with zero attached hydrogens (tertiary/aromatic N) is 1. The Morgan fingerprint density at radius 2 is 1.47 bits per heavy atom. The lowest BCUT2D eigenvalue weighted by Crippen LogP contribution is -2.18. The topological polar surface area (TPSA) is 42.2 Å². The van der Waals surface area contributed by atoms with Gasteiger partial charge in [0.2, 0.25) is 5.88 Å². The number of benzene rings is 2. The van der Waals surface area contributed by atoms with E-state index in [1.165, 1.54) is 4.57 Å². The SMILES string of the molecule is O=c1c2ccccc2c(Br)c(O)n1-c1ccccc1. The number of halogens is 1. The predicted octanol–water partition coefficient (Wildman–Crippen LogP) is 3.46. The summed E-state index contributed by atoms with van der Waals surface area (Å²) in [6.07, 6.45) is 0. The van der Waals surface area contributed by atoms with Crippen molar-refractivity contribution in [3.63, 3.8) is 0 Å². The Hall–Kier alpha value is -2.07. The molecule has 0 unspecified atom stereocenters. The van der Waals surface area contributed by atoms with E-state index in [1.807, 2.05) is 30.3 Å². The van der Waals surface area contributed by atoms with Gasteiger partial charge in [-0.15, -0.1) is 0 Å². The van der Waals surface area contributed by atoms with Gasteiger partial charge >= 0.3 is 0 Å². The van der Waals surface area contributed by atoms with E-state index in [1.54, 1.807) is 24.3 Å². The van der Waals surface area contributed by atoms with Crippen LogP contribution in [0.15, 0.2) is 63.9 Å². The van der Waals surface area contributed by atoms with Gasteiger partial charge in [0.15, 0.2) is 0 Å². The summed E-state index contributed by atoms with van der Waals surface area (Å²) in [5.74, 6) is -0.0881. The van der Waals surface area contributed by atoms with Crippen LogP contribution in [0.4, 0.5) is 0 Å². The van der Waals surface area contributed by atoms with Gasteiger partial charge in [0.1, 0.15) is 0 Å². The van der Waals surface area contributed by atoms with E-state index in [0.29, 0.717) is 20.9 Å². The van der Waals surface area contributed by atoms with Crippen LogP contribution < -0.4 is 5.56 Å². The van der Waals surface area contributed by atoms with E-state index >= 15 is 0 Å². The Morgan fingerprint density at radius 1 is 0.895 bits per heavy atom. The molecular weight excluding hydrogens is 306 g/mol. The van der Waals surface area contributed by atoms with Crippen LogP contribution in [0.1, 0.15) is 0 Å². The minimum atomic E-state index is -0.234. The van der Waals surface area contributed by atoms with Crippen molar-refractivity contribution >= 4 is 26.7 Å². The number of hydrogen-bond donors (Lipinski definition) is 1. The first-order chi connectivity index (χ1) is 9.20. The molecule has 0 aliphatic carbocycles. The number of para-hydroxylation sites is 1. The molecule has 0 amide bonds. The van der Waals surface area contributed by atoms with E-state index in [-0.39, 0.29) is 11.4 Å². The van der Waals surface area contributed by atoms with Crippen molar-refractivity contribution in [3.05, 3.63) is 69.4 Å². The molecule has 2 aromatic carbocycles. The third-order valence-corrected chi connectivity index (χ3v) is 3.80. The van der Waals surface area contributed by atoms with Crippen molar-refractivity contribution in [2.24, 2.45) is 0 Å². The van der Waals surface area contributed by atoms with Crippen LogP contribution in [-0.2, 0) is 0 Å². The zero-order valence-electron chi connectivity index (χ0n) is 9.88. The lowest BCUT2D eigenvalue weighted by Gasteiger charge is -2.12. The van der Waals surface area contributed by atoms with Gasteiger partial charge in [0.05, 0.1) is 10.2 Å². The summed E-state index contributed by atoms with van der Waals surface area (Å²) in [4.78, 5) is 12.5. The predicted molar refractivity (Wildman–Crippen MR) is 78.9 cm³/mol. The van der Waals surface area contributed by atoms with Crippen molar-refractivity contribution in [1.29, 1.82) is 0 Å². The fraction of sp³-hybridized carbons (Fsp3) is 0. The largest absolute Gasteiger partial charge is 0.493 e. The van der Waals surface area contributed by atoms with Crippen LogP contribution in [0, 0.1) is 0 Å². The maximum Gasteiger partial charge on any atom is 0.265 e. The molecule has 0 bridgehead atoms. The Morgan fingerprint density at radius 3 is 2.16 bits per heavy atom. The highest BCUT2D eigenvalue weighted by Gasteiger charge is 2.14. The summed E-state index contributed by atoms with van der Waals surface area (Å²) in [7, 11) is 0. The van der Waals surface area contributed by atoms with Crippen molar-refractivity contribution in [3.8, 4) is 11.6 Å². The van der Waals surface area contributed by atoms with E-state index in [0.717, 1.165) is 0 Å². The molecular formula is C15H10BrNO2. The molecule has 3 aromatic rings. The van der Waals surface area contributed by atoms with Gasteiger partial charge in [-0.3, -0.25) is 4.79 Å². The van der Waals surface area contributed by atoms with Gasteiger partial charge in [-0.1, -0.05) is 36.4 Å². The fourth-order valence-corrected chi connectivity index (χ4v) is 2.64. The van der Waals surface area contributed by atoms with Crippen LogP contribution in [-0.4, -0.2) is 9.67 Å². The molecule has 1 N–H and O–H groups in total. The van der Waals surface area contributed by atoms with Crippen LogP contribution in [0.5, 0.6) is 5.88 Å². The molecule has 0 radical (unpaired) electrons. The molecule has 19 heavy (non-hydrogen) atoms. The van der Waals surface area contributed by atoms with Gasteiger partial charge in [0, 0.05) is 10.8 Å². The molecule has 0 atom stereocenters. The first kappa shape index (κ1) is 12.0. The third-order valence-electron chi connectivity index (χ3n) is 3.02. The molecule has 4 heteroatoms. The Balaban J connectivity index is 2.48. The highest BCUT2D eigenvalue weighted by atomic mass is 79.9. The smallest absolute Gasteiger partial charge is 0.265 e. The van der Waals surface area contributed by atoms with Gasteiger partial charge in [-0.25, -0.2) is 4.57 Å². The summed E-state index contributed by atoms with van der Waals surface area (Å²) < 4.78 is 1.82. The molecule has 0 saturated carbocycles. The fourth-order valence-electron chi connectivity index (χ4n) is 2.11. The molecule has 1 heterocycles. The minimum Gasteiger partial charge on any atom is -0.493 e. The monoisotopic (exact) mass is 315 g/mol. The van der Waals surface area contributed by atoms with Gasteiger partial charge < -0.3 is 5.11 Å². The summed E-state index contributed by atoms with van der Waals surface area (Å²) in [6, 6.07) is 16.3. The van der Waals surface area contributed by atoms with Crippen molar-refractivity contribution in [1.82, 2.24) is 4.57 Å². The second-order valence-corrected chi connectivity index (χ2v) is 4.95. The Kier molecular flexibility index (Phi) is 2.87. The Bertz CT molecular complexity index is 809. The van der Waals surface area contributed by atoms with Crippen LogP contribution in [0.2, 0.25) is 0 Å². The maximum atomic E-state index is 12.5. The second-order valence-electron chi connectivity index (χ2n) is 4.16. The number of aromatic nitrogens is 1. The summed E-state index contributed by atoms with van der Waals surface area (Å²) in [6.45, 7) is 0. The number of pyridine rings is 1.